The van der Waals surface area contributed by atoms with Crippen LogP contribution in [0.1, 0.15) is 27.7 Å². The summed E-state index contributed by atoms with van der Waals surface area (Å²) in [6.45, 7) is 6.44. The fourth-order valence-electron chi connectivity index (χ4n) is 1.77. The summed E-state index contributed by atoms with van der Waals surface area (Å²) >= 11 is 0. The minimum absolute atomic E-state index is 0.00145. The summed E-state index contributed by atoms with van der Waals surface area (Å²) < 4.78 is 36.9. The number of nitrogens with one attached hydrogen (secondary N) is 2. The monoisotopic (exact) mass is 372 g/mol. The van der Waals surface area contributed by atoms with E-state index in [1.807, 2.05) is 0 Å². The molecule has 0 aliphatic carbocycles. The molecule has 1 rings (SSSR count). The van der Waals surface area contributed by atoms with E-state index in [1.54, 1.807) is 45.9 Å². The van der Waals surface area contributed by atoms with E-state index in [9.17, 15) is 18.0 Å². The van der Waals surface area contributed by atoms with Gasteiger partial charge in [-0.05, 0) is 39.8 Å². The number of carbonyl (C=O) groups excluding carboxylic acids is 2. The molecule has 0 fully saturated rings. The van der Waals surface area contributed by atoms with Crippen molar-refractivity contribution in [1.29, 1.82) is 0 Å². The Morgan fingerprint density at radius 2 is 1.76 bits per heavy atom. The summed E-state index contributed by atoms with van der Waals surface area (Å²) in [7, 11) is -3.95. The second-order valence-corrected chi connectivity index (χ2v) is 7.84. The molecule has 0 spiro atoms. The van der Waals surface area contributed by atoms with Crippen molar-refractivity contribution in [2.75, 3.05) is 13.2 Å². The molecule has 0 saturated carbocycles. The van der Waals surface area contributed by atoms with E-state index >= 15 is 0 Å². The van der Waals surface area contributed by atoms with Gasteiger partial charge in [0, 0.05) is 6.54 Å². The lowest BCUT2D eigenvalue weighted by molar-refractivity contribution is -0.144. The molecule has 1 amide bonds. The maximum Gasteiger partial charge on any atom is 0.407 e. The van der Waals surface area contributed by atoms with Gasteiger partial charge in [-0.2, -0.15) is 4.72 Å². The average Bonchev–Trinajstić information content (AvgIpc) is 2.50. The van der Waals surface area contributed by atoms with Gasteiger partial charge >= 0.3 is 12.1 Å². The van der Waals surface area contributed by atoms with Crippen LogP contribution in [0.4, 0.5) is 4.79 Å². The van der Waals surface area contributed by atoms with Crippen LogP contribution in [0.3, 0.4) is 0 Å². The van der Waals surface area contributed by atoms with Gasteiger partial charge in [-0.15, -0.1) is 0 Å². The standard InChI is InChI=1S/C16H24N2O6S/c1-5-23-14(19)13(11-17-15(20)24-16(2,3)4)18-25(21,22)12-9-7-6-8-10-12/h6-10,13,18H,5,11H2,1-4H3,(H,17,20). The average molecular weight is 372 g/mol. The molecule has 1 atom stereocenters. The first kappa shape index (κ1) is 20.9. The largest absolute Gasteiger partial charge is 0.465 e. The molecule has 140 valence electrons. The molecule has 0 radical (unpaired) electrons. The fraction of sp³-hybridized carbons (Fsp3) is 0.500. The van der Waals surface area contributed by atoms with Crippen LogP contribution in [-0.2, 0) is 24.3 Å². The Morgan fingerprint density at radius 3 is 2.28 bits per heavy atom. The van der Waals surface area contributed by atoms with Gasteiger partial charge in [0.05, 0.1) is 11.5 Å². The summed E-state index contributed by atoms with van der Waals surface area (Å²) in [6, 6.07) is 6.31. The highest BCUT2D eigenvalue weighted by Crippen LogP contribution is 2.09. The van der Waals surface area contributed by atoms with Crippen molar-refractivity contribution in [1.82, 2.24) is 10.0 Å². The van der Waals surface area contributed by atoms with Crippen LogP contribution < -0.4 is 10.0 Å². The van der Waals surface area contributed by atoms with Crippen molar-refractivity contribution < 1.29 is 27.5 Å². The first-order valence-corrected chi connectivity index (χ1v) is 9.24. The summed E-state index contributed by atoms with van der Waals surface area (Å²) in [5.74, 6) is -0.793. The van der Waals surface area contributed by atoms with Gasteiger partial charge in [0.25, 0.3) is 0 Å². The third-order valence-electron chi connectivity index (χ3n) is 2.77. The molecule has 0 bridgehead atoms. The second-order valence-electron chi connectivity index (χ2n) is 6.12. The zero-order valence-electron chi connectivity index (χ0n) is 14.7. The van der Waals surface area contributed by atoms with Crippen molar-refractivity contribution in [3.63, 3.8) is 0 Å². The topological polar surface area (TPSA) is 111 Å². The van der Waals surface area contributed by atoms with E-state index in [4.69, 9.17) is 9.47 Å². The molecular weight excluding hydrogens is 348 g/mol. The Bertz CT molecular complexity index is 682. The first-order valence-electron chi connectivity index (χ1n) is 7.76. The zero-order chi connectivity index (χ0) is 19.1. The maximum atomic E-state index is 12.4. The van der Waals surface area contributed by atoms with Crippen LogP contribution in [0.15, 0.2) is 35.2 Å². The van der Waals surface area contributed by atoms with E-state index in [0.717, 1.165) is 0 Å². The Kier molecular flexibility index (Phi) is 7.38. The van der Waals surface area contributed by atoms with Crippen LogP contribution in [0.2, 0.25) is 0 Å². The van der Waals surface area contributed by atoms with Gasteiger partial charge < -0.3 is 14.8 Å². The highest BCUT2D eigenvalue weighted by atomic mass is 32.2. The van der Waals surface area contributed by atoms with Crippen molar-refractivity contribution in [2.24, 2.45) is 0 Å². The number of alkyl carbamates (subject to hydrolysis) is 1. The van der Waals surface area contributed by atoms with E-state index < -0.39 is 33.7 Å². The number of sulfonamides is 1. The predicted molar refractivity (Wildman–Crippen MR) is 91.4 cm³/mol. The van der Waals surface area contributed by atoms with E-state index in [0.29, 0.717) is 0 Å². The molecule has 0 aromatic heterocycles. The highest BCUT2D eigenvalue weighted by Gasteiger charge is 2.28. The van der Waals surface area contributed by atoms with Crippen LogP contribution >= 0.6 is 0 Å². The minimum Gasteiger partial charge on any atom is -0.465 e. The summed E-state index contributed by atoms with van der Waals surface area (Å²) in [6.07, 6.45) is -0.763. The highest BCUT2D eigenvalue weighted by molar-refractivity contribution is 7.89. The molecule has 0 aliphatic heterocycles. The number of hydrogen-bond donors (Lipinski definition) is 2. The minimum atomic E-state index is -3.95. The SMILES string of the molecule is CCOC(=O)C(CNC(=O)OC(C)(C)C)NS(=O)(=O)c1ccccc1. The molecular formula is C16H24N2O6S. The maximum absolute atomic E-state index is 12.4. The van der Waals surface area contributed by atoms with Crippen molar-refractivity contribution in [3.8, 4) is 0 Å². The molecule has 1 aromatic rings. The number of hydrogen-bond acceptors (Lipinski definition) is 6. The first-order chi connectivity index (χ1) is 11.5. The lowest BCUT2D eigenvalue weighted by atomic mass is 10.2. The third-order valence-corrected chi connectivity index (χ3v) is 4.26. The van der Waals surface area contributed by atoms with Gasteiger partial charge in [0.2, 0.25) is 10.0 Å². The Labute approximate surface area is 147 Å². The molecule has 9 heteroatoms. The van der Waals surface area contributed by atoms with Gasteiger partial charge in [-0.3, -0.25) is 4.79 Å². The van der Waals surface area contributed by atoms with Crippen LogP contribution in [-0.4, -0.2) is 45.3 Å². The van der Waals surface area contributed by atoms with Crippen LogP contribution in [0.5, 0.6) is 0 Å². The Balaban J connectivity index is 2.84. The summed E-state index contributed by atoms with van der Waals surface area (Å²) in [5.41, 5.74) is -0.715. The zero-order valence-corrected chi connectivity index (χ0v) is 15.6. The molecule has 0 saturated heterocycles. The molecule has 8 nitrogen and oxygen atoms in total. The number of amides is 1. The van der Waals surface area contributed by atoms with Crippen molar-refractivity contribution >= 4 is 22.1 Å². The summed E-state index contributed by atoms with van der Waals surface area (Å²) in [5, 5.41) is 2.36. The number of carbonyl (C=O) groups is 2. The smallest absolute Gasteiger partial charge is 0.407 e. The van der Waals surface area contributed by atoms with E-state index in [-0.39, 0.29) is 18.0 Å². The Hall–Kier alpha value is -2.13. The van der Waals surface area contributed by atoms with Crippen LogP contribution in [0.25, 0.3) is 0 Å². The summed E-state index contributed by atoms with van der Waals surface area (Å²) in [4.78, 5) is 23.7. The number of benzene rings is 1. The molecule has 0 heterocycles. The number of rotatable bonds is 7. The van der Waals surface area contributed by atoms with Gasteiger partial charge in [-0.25, -0.2) is 13.2 Å². The molecule has 2 N–H and O–H groups in total. The fourth-order valence-corrected chi connectivity index (χ4v) is 2.98. The lowest BCUT2D eigenvalue weighted by Crippen LogP contribution is -2.49. The second kappa shape index (κ2) is 8.82. The third kappa shape index (κ3) is 7.53. The normalized spacial score (nSPS) is 13.0. The van der Waals surface area contributed by atoms with Crippen molar-refractivity contribution in [2.45, 2.75) is 44.2 Å². The van der Waals surface area contributed by atoms with E-state index in [2.05, 4.69) is 10.0 Å². The number of esters is 1. The lowest BCUT2D eigenvalue weighted by Gasteiger charge is -2.22. The van der Waals surface area contributed by atoms with Gasteiger partial charge in [0.15, 0.2) is 0 Å². The Morgan fingerprint density at radius 1 is 1.16 bits per heavy atom. The van der Waals surface area contributed by atoms with Gasteiger partial charge in [0.1, 0.15) is 11.6 Å². The predicted octanol–water partition coefficient (Wildman–Crippen LogP) is 1.42. The van der Waals surface area contributed by atoms with Crippen LogP contribution in [0, 0.1) is 0 Å². The quantitative estimate of drug-likeness (QED) is 0.700. The molecule has 1 unspecified atom stereocenters. The van der Waals surface area contributed by atoms with Gasteiger partial charge in [-0.1, -0.05) is 18.2 Å². The molecule has 1 aromatic carbocycles. The van der Waals surface area contributed by atoms with Crippen molar-refractivity contribution in [3.05, 3.63) is 30.3 Å². The van der Waals surface area contributed by atoms with E-state index in [1.165, 1.54) is 12.1 Å². The number of ether oxygens (including phenoxy) is 2. The molecule has 0 aliphatic rings. The molecule has 25 heavy (non-hydrogen) atoms.